The lowest BCUT2D eigenvalue weighted by molar-refractivity contribution is 0.100. The fraction of sp³-hybridized carbons (Fsp3) is 0.379. The molecule has 1 saturated heterocycles. The Bertz CT molecular complexity index is 908. The number of benzene rings is 3. The molecule has 1 saturated carbocycles. The van der Waals surface area contributed by atoms with E-state index in [4.69, 9.17) is 0 Å². The van der Waals surface area contributed by atoms with Crippen molar-refractivity contribution in [3.05, 3.63) is 108 Å². The number of hydrogen-bond acceptors (Lipinski definition) is 2. The first-order chi connectivity index (χ1) is 15.2. The lowest BCUT2D eigenvalue weighted by Crippen LogP contribution is -2.43. The van der Waals surface area contributed by atoms with E-state index in [1.807, 2.05) is 0 Å². The van der Waals surface area contributed by atoms with Crippen molar-refractivity contribution in [1.29, 1.82) is 0 Å². The summed E-state index contributed by atoms with van der Waals surface area (Å²) in [4.78, 5) is 5.52. The summed E-state index contributed by atoms with van der Waals surface area (Å²) >= 11 is 0. The summed E-state index contributed by atoms with van der Waals surface area (Å²) in [6, 6.07) is 33.6. The third-order valence-electron chi connectivity index (χ3n) is 7.63. The van der Waals surface area contributed by atoms with E-state index in [1.54, 1.807) is 0 Å². The topological polar surface area (TPSA) is 6.48 Å². The van der Waals surface area contributed by atoms with Gasteiger partial charge < -0.3 is 0 Å². The summed E-state index contributed by atoms with van der Waals surface area (Å²) in [6.07, 6.45) is 3.99. The summed E-state index contributed by atoms with van der Waals surface area (Å²) in [5.74, 6) is 0.756. The van der Waals surface area contributed by atoms with Crippen LogP contribution in [0, 0.1) is 5.92 Å². The van der Waals surface area contributed by atoms with Crippen LogP contribution in [-0.2, 0) is 13.1 Å². The van der Waals surface area contributed by atoms with E-state index in [-0.39, 0.29) is 0 Å². The van der Waals surface area contributed by atoms with Gasteiger partial charge in [-0.2, -0.15) is 0 Å². The molecule has 1 aliphatic carbocycles. The predicted octanol–water partition coefficient (Wildman–Crippen LogP) is 6.30. The molecule has 5 rings (SSSR count). The molecule has 2 aliphatic rings. The van der Waals surface area contributed by atoms with Crippen LogP contribution >= 0.6 is 0 Å². The van der Waals surface area contributed by atoms with Gasteiger partial charge >= 0.3 is 0 Å². The first-order valence-corrected chi connectivity index (χ1v) is 11.9. The standard InChI is InChI=1S/C29H34N2/c1-24(27-15-9-4-10-16-27)30-20-17-28(23-30)29(18-19-29)31(21-25-11-5-2-6-12-25)22-26-13-7-3-8-14-26/h2-16,24,28H,17-23H2,1H3/t24?,28-/m0/s1. The lowest BCUT2D eigenvalue weighted by Gasteiger charge is -2.37. The van der Waals surface area contributed by atoms with Gasteiger partial charge in [0.1, 0.15) is 0 Å². The van der Waals surface area contributed by atoms with E-state index >= 15 is 0 Å². The molecular weight excluding hydrogens is 376 g/mol. The van der Waals surface area contributed by atoms with Crippen molar-refractivity contribution in [2.45, 2.75) is 50.9 Å². The van der Waals surface area contributed by atoms with Gasteiger partial charge in [-0.1, -0.05) is 91.0 Å². The average Bonchev–Trinajstić information content (AvgIpc) is 3.49. The molecule has 1 heterocycles. The number of likely N-dealkylation sites (tertiary alicyclic amines) is 1. The van der Waals surface area contributed by atoms with Crippen LogP contribution in [0.25, 0.3) is 0 Å². The Morgan fingerprint density at radius 3 is 1.84 bits per heavy atom. The van der Waals surface area contributed by atoms with E-state index in [2.05, 4.69) is 108 Å². The smallest absolute Gasteiger partial charge is 0.0320 e. The van der Waals surface area contributed by atoms with E-state index in [0.717, 1.165) is 19.0 Å². The Morgan fingerprint density at radius 1 is 0.806 bits per heavy atom. The zero-order chi connectivity index (χ0) is 21.1. The van der Waals surface area contributed by atoms with Gasteiger partial charge in [0.15, 0.2) is 0 Å². The van der Waals surface area contributed by atoms with E-state index in [9.17, 15) is 0 Å². The van der Waals surface area contributed by atoms with Gasteiger partial charge in [-0.05, 0) is 55.3 Å². The molecule has 0 bridgehead atoms. The van der Waals surface area contributed by atoms with Crippen molar-refractivity contribution in [1.82, 2.24) is 9.80 Å². The minimum Gasteiger partial charge on any atom is -0.296 e. The van der Waals surface area contributed by atoms with Gasteiger partial charge in [0.2, 0.25) is 0 Å². The lowest BCUT2D eigenvalue weighted by atomic mass is 9.93. The van der Waals surface area contributed by atoms with Crippen LogP contribution in [0.5, 0.6) is 0 Å². The Labute approximate surface area is 187 Å². The second-order valence-corrected chi connectivity index (χ2v) is 9.50. The van der Waals surface area contributed by atoms with Gasteiger partial charge in [-0.15, -0.1) is 0 Å². The average molecular weight is 411 g/mol. The summed E-state index contributed by atoms with van der Waals surface area (Å²) in [6.45, 7) is 6.90. The number of nitrogens with zero attached hydrogens (tertiary/aromatic N) is 2. The Morgan fingerprint density at radius 2 is 1.32 bits per heavy atom. The highest BCUT2D eigenvalue weighted by molar-refractivity contribution is 5.22. The first-order valence-electron chi connectivity index (χ1n) is 11.9. The predicted molar refractivity (Wildman–Crippen MR) is 129 cm³/mol. The molecular formula is C29H34N2. The third-order valence-corrected chi connectivity index (χ3v) is 7.63. The second kappa shape index (κ2) is 8.98. The van der Waals surface area contributed by atoms with Crippen molar-refractivity contribution in [2.24, 2.45) is 5.92 Å². The molecule has 2 heteroatoms. The molecule has 3 aromatic rings. The van der Waals surface area contributed by atoms with Crippen molar-refractivity contribution >= 4 is 0 Å². The Kier molecular flexibility index (Phi) is 5.93. The third kappa shape index (κ3) is 4.46. The normalized spacial score (nSPS) is 21.3. The van der Waals surface area contributed by atoms with Crippen LogP contribution in [0.2, 0.25) is 0 Å². The zero-order valence-electron chi connectivity index (χ0n) is 18.7. The molecule has 2 fully saturated rings. The second-order valence-electron chi connectivity index (χ2n) is 9.50. The SMILES string of the molecule is CC(c1ccccc1)N1CC[C@H](C2(N(Cc3ccccc3)Cc3ccccc3)CC2)C1. The molecule has 0 radical (unpaired) electrons. The van der Waals surface area contributed by atoms with E-state index in [0.29, 0.717) is 11.6 Å². The Balaban J connectivity index is 1.35. The van der Waals surface area contributed by atoms with Crippen molar-refractivity contribution in [2.75, 3.05) is 13.1 Å². The van der Waals surface area contributed by atoms with Gasteiger partial charge in [-0.25, -0.2) is 0 Å². The number of rotatable bonds is 8. The van der Waals surface area contributed by atoms with E-state index < -0.39 is 0 Å². The molecule has 0 N–H and O–H groups in total. The maximum absolute atomic E-state index is 2.80. The fourth-order valence-electron chi connectivity index (χ4n) is 5.61. The molecule has 3 aromatic carbocycles. The summed E-state index contributed by atoms with van der Waals surface area (Å²) < 4.78 is 0. The van der Waals surface area contributed by atoms with Crippen molar-refractivity contribution < 1.29 is 0 Å². The van der Waals surface area contributed by atoms with Gasteiger partial charge in [-0.3, -0.25) is 9.80 Å². The molecule has 2 atom stereocenters. The van der Waals surface area contributed by atoms with Crippen LogP contribution < -0.4 is 0 Å². The monoisotopic (exact) mass is 410 g/mol. The molecule has 1 aliphatic heterocycles. The Hall–Kier alpha value is -2.42. The molecule has 160 valence electrons. The highest BCUT2D eigenvalue weighted by Crippen LogP contribution is 2.52. The molecule has 0 spiro atoms. The maximum atomic E-state index is 2.80. The fourth-order valence-corrected chi connectivity index (χ4v) is 5.61. The van der Waals surface area contributed by atoms with Gasteiger partial charge in [0, 0.05) is 31.2 Å². The van der Waals surface area contributed by atoms with Crippen molar-refractivity contribution in [3.63, 3.8) is 0 Å². The summed E-state index contributed by atoms with van der Waals surface area (Å²) in [5, 5.41) is 0. The zero-order valence-corrected chi connectivity index (χ0v) is 18.7. The summed E-state index contributed by atoms with van der Waals surface area (Å²) in [5.41, 5.74) is 4.66. The minimum absolute atomic E-state index is 0.358. The van der Waals surface area contributed by atoms with E-state index in [1.165, 1.54) is 49.0 Å². The van der Waals surface area contributed by atoms with Crippen molar-refractivity contribution in [3.8, 4) is 0 Å². The van der Waals surface area contributed by atoms with Crippen LogP contribution in [0.4, 0.5) is 0 Å². The highest BCUT2D eigenvalue weighted by Gasteiger charge is 2.55. The maximum Gasteiger partial charge on any atom is 0.0320 e. The van der Waals surface area contributed by atoms with Crippen LogP contribution in [0.1, 0.15) is 48.9 Å². The van der Waals surface area contributed by atoms with Crippen LogP contribution in [-0.4, -0.2) is 28.4 Å². The molecule has 0 amide bonds. The molecule has 31 heavy (non-hydrogen) atoms. The number of hydrogen-bond donors (Lipinski definition) is 0. The van der Waals surface area contributed by atoms with Gasteiger partial charge in [0.25, 0.3) is 0 Å². The minimum atomic E-state index is 0.358. The van der Waals surface area contributed by atoms with Crippen LogP contribution in [0.3, 0.4) is 0 Å². The van der Waals surface area contributed by atoms with Crippen LogP contribution in [0.15, 0.2) is 91.0 Å². The molecule has 2 nitrogen and oxygen atoms in total. The quantitative estimate of drug-likeness (QED) is 0.430. The highest BCUT2D eigenvalue weighted by atomic mass is 15.3. The first kappa shape index (κ1) is 20.5. The van der Waals surface area contributed by atoms with Gasteiger partial charge in [0.05, 0.1) is 0 Å². The largest absolute Gasteiger partial charge is 0.296 e. The molecule has 1 unspecified atom stereocenters. The molecule has 0 aromatic heterocycles. The summed E-state index contributed by atoms with van der Waals surface area (Å²) in [7, 11) is 0.